The summed E-state index contributed by atoms with van der Waals surface area (Å²) >= 11 is 0. The number of carbonyl (C=O) groups excluding carboxylic acids is 2. The number of ether oxygens (including phenoxy) is 2. The lowest BCUT2D eigenvalue weighted by Crippen LogP contribution is -2.03. The Hall–Kier alpha value is -1.84. The summed E-state index contributed by atoms with van der Waals surface area (Å²) in [7, 11) is 1.42. The van der Waals surface area contributed by atoms with E-state index < -0.39 is 0 Å². The molecule has 0 aliphatic rings. The van der Waals surface area contributed by atoms with Crippen LogP contribution in [-0.4, -0.2) is 25.5 Å². The van der Waals surface area contributed by atoms with Gasteiger partial charge in [-0.3, -0.25) is 9.59 Å². The van der Waals surface area contributed by atoms with Crippen LogP contribution in [0.2, 0.25) is 0 Å². The highest BCUT2D eigenvalue weighted by molar-refractivity contribution is 5.96. The summed E-state index contributed by atoms with van der Waals surface area (Å²) < 4.78 is 10.3. The molecule has 0 atom stereocenters. The van der Waals surface area contributed by atoms with E-state index in [2.05, 4.69) is 4.74 Å². The van der Waals surface area contributed by atoms with Crippen LogP contribution in [0.5, 0.6) is 5.75 Å². The number of unbranched alkanes of at least 4 members (excludes halogenated alkanes) is 4. The molecule has 1 rings (SSSR count). The molecule has 0 radical (unpaired) electrons. The van der Waals surface area contributed by atoms with Gasteiger partial charge in [-0.15, -0.1) is 0 Å². The summed E-state index contributed by atoms with van der Waals surface area (Å²) in [4.78, 5) is 22.4. The fourth-order valence-electron chi connectivity index (χ4n) is 2.07. The zero-order chi connectivity index (χ0) is 15.5. The zero-order valence-corrected chi connectivity index (χ0v) is 12.9. The maximum Gasteiger partial charge on any atom is 0.305 e. The smallest absolute Gasteiger partial charge is 0.305 e. The van der Waals surface area contributed by atoms with Crippen LogP contribution in [0.3, 0.4) is 0 Å². The summed E-state index contributed by atoms with van der Waals surface area (Å²) in [6.45, 7) is 2.16. The van der Waals surface area contributed by atoms with Gasteiger partial charge in [0.2, 0.25) is 0 Å². The third-order valence-electron chi connectivity index (χ3n) is 3.28. The second-order valence-corrected chi connectivity index (χ2v) is 4.99. The Balaban J connectivity index is 2.12. The van der Waals surface area contributed by atoms with E-state index in [1.54, 1.807) is 13.0 Å². The number of ketones is 1. The van der Waals surface area contributed by atoms with Crippen LogP contribution in [0.25, 0.3) is 0 Å². The largest absolute Gasteiger partial charge is 0.493 e. The zero-order valence-electron chi connectivity index (χ0n) is 12.9. The Morgan fingerprint density at radius 1 is 1.00 bits per heavy atom. The minimum Gasteiger partial charge on any atom is -0.493 e. The van der Waals surface area contributed by atoms with Gasteiger partial charge in [0, 0.05) is 6.42 Å². The van der Waals surface area contributed by atoms with Crippen molar-refractivity contribution in [3.63, 3.8) is 0 Å². The minimum atomic E-state index is -0.140. The predicted molar refractivity (Wildman–Crippen MR) is 81.7 cm³/mol. The van der Waals surface area contributed by atoms with Crippen LogP contribution >= 0.6 is 0 Å². The van der Waals surface area contributed by atoms with Crippen LogP contribution < -0.4 is 4.74 Å². The van der Waals surface area contributed by atoms with Crippen LogP contribution in [0.4, 0.5) is 0 Å². The van der Waals surface area contributed by atoms with Crippen molar-refractivity contribution in [2.24, 2.45) is 0 Å². The molecule has 0 aliphatic carbocycles. The van der Waals surface area contributed by atoms with E-state index in [0.29, 0.717) is 24.3 Å². The lowest BCUT2D eigenvalue weighted by atomic mass is 10.1. The number of rotatable bonds is 10. The van der Waals surface area contributed by atoms with Crippen molar-refractivity contribution in [1.29, 1.82) is 0 Å². The number of hydrogen-bond donors (Lipinski definition) is 0. The van der Waals surface area contributed by atoms with Crippen molar-refractivity contribution in [3.8, 4) is 5.75 Å². The molecule has 4 nitrogen and oxygen atoms in total. The molecule has 0 aromatic heterocycles. The van der Waals surface area contributed by atoms with E-state index in [1.165, 1.54) is 7.11 Å². The number of esters is 1. The molecule has 0 N–H and O–H groups in total. The first-order valence-electron chi connectivity index (χ1n) is 7.44. The highest BCUT2D eigenvalue weighted by atomic mass is 16.5. The molecule has 0 heterocycles. The van der Waals surface area contributed by atoms with E-state index in [9.17, 15) is 9.59 Å². The highest BCUT2D eigenvalue weighted by Gasteiger charge is 2.06. The third kappa shape index (κ3) is 6.93. The monoisotopic (exact) mass is 292 g/mol. The summed E-state index contributed by atoms with van der Waals surface area (Å²) in [6.07, 6.45) is 5.49. The van der Waals surface area contributed by atoms with Crippen LogP contribution in [0, 0.1) is 0 Å². The summed E-state index contributed by atoms with van der Waals surface area (Å²) in [5, 5.41) is 0. The molecule has 0 fully saturated rings. The SMILES string of the molecule is COC(=O)CCCCCCCOc1ccccc1C(C)=O. The van der Waals surface area contributed by atoms with Crippen LogP contribution in [-0.2, 0) is 9.53 Å². The van der Waals surface area contributed by atoms with Gasteiger partial charge in [0.05, 0.1) is 19.3 Å². The normalized spacial score (nSPS) is 10.2. The molecule has 0 amide bonds. The fraction of sp³-hybridized carbons (Fsp3) is 0.529. The van der Waals surface area contributed by atoms with Crippen molar-refractivity contribution in [2.45, 2.75) is 45.4 Å². The molecule has 0 saturated carbocycles. The van der Waals surface area contributed by atoms with Crippen molar-refractivity contribution in [1.82, 2.24) is 0 Å². The van der Waals surface area contributed by atoms with E-state index in [0.717, 1.165) is 32.1 Å². The van der Waals surface area contributed by atoms with Gasteiger partial charge in [-0.1, -0.05) is 31.4 Å². The first kappa shape index (κ1) is 17.2. The second-order valence-electron chi connectivity index (χ2n) is 4.99. The highest BCUT2D eigenvalue weighted by Crippen LogP contribution is 2.18. The van der Waals surface area contributed by atoms with Crippen molar-refractivity contribution in [2.75, 3.05) is 13.7 Å². The molecule has 1 aromatic carbocycles. The number of methoxy groups -OCH3 is 1. The quantitative estimate of drug-likeness (QED) is 0.374. The topological polar surface area (TPSA) is 52.6 Å². The first-order valence-corrected chi connectivity index (χ1v) is 7.44. The van der Waals surface area contributed by atoms with E-state index >= 15 is 0 Å². The Labute approximate surface area is 126 Å². The Morgan fingerprint density at radius 3 is 2.38 bits per heavy atom. The average molecular weight is 292 g/mol. The van der Waals surface area contributed by atoms with E-state index in [-0.39, 0.29) is 11.8 Å². The minimum absolute atomic E-state index is 0.0217. The Kier molecular flexibility index (Phi) is 8.17. The molecule has 0 bridgehead atoms. The van der Waals surface area contributed by atoms with Crippen LogP contribution in [0.1, 0.15) is 55.8 Å². The number of benzene rings is 1. The van der Waals surface area contributed by atoms with E-state index in [1.807, 2.05) is 18.2 Å². The van der Waals surface area contributed by atoms with Gasteiger partial charge in [0.25, 0.3) is 0 Å². The first-order chi connectivity index (χ1) is 10.1. The predicted octanol–water partition coefficient (Wildman–Crippen LogP) is 3.78. The maximum atomic E-state index is 11.4. The number of Topliss-reactive ketones (excluding diaryl/α,β-unsaturated/α-hetero) is 1. The van der Waals surface area contributed by atoms with Crippen molar-refractivity contribution >= 4 is 11.8 Å². The van der Waals surface area contributed by atoms with Crippen molar-refractivity contribution in [3.05, 3.63) is 29.8 Å². The van der Waals surface area contributed by atoms with Gasteiger partial charge in [0.1, 0.15) is 5.75 Å². The van der Waals surface area contributed by atoms with Gasteiger partial charge in [-0.25, -0.2) is 0 Å². The van der Waals surface area contributed by atoms with Gasteiger partial charge in [0.15, 0.2) is 5.78 Å². The van der Waals surface area contributed by atoms with Gasteiger partial charge in [-0.05, 0) is 31.9 Å². The molecule has 0 aliphatic heterocycles. The lowest BCUT2D eigenvalue weighted by Gasteiger charge is -2.09. The molecule has 1 aromatic rings. The molecule has 0 saturated heterocycles. The van der Waals surface area contributed by atoms with Crippen molar-refractivity contribution < 1.29 is 19.1 Å². The molecular weight excluding hydrogens is 268 g/mol. The molecular formula is C17H24O4. The molecule has 21 heavy (non-hydrogen) atoms. The van der Waals surface area contributed by atoms with Crippen LogP contribution in [0.15, 0.2) is 24.3 Å². The number of carbonyl (C=O) groups is 2. The summed E-state index contributed by atoms with van der Waals surface area (Å²) in [5.74, 6) is 0.545. The second kappa shape index (κ2) is 9.97. The summed E-state index contributed by atoms with van der Waals surface area (Å²) in [6, 6.07) is 7.32. The standard InChI is InChI=1S/C17H24O4/c1-14(18)15-10-7-8-11-16(15)21-13-9-5-3-4-6-12-17(19)20-2/h7-8,10-11H,3-6,9,12-13H2,1-2H3. The molecule has 116 valence electrons. The average Bonchev–Trinajstić information content (AvgIpc) is 2.49. The molecule has 4 heteroatoms. The Morgan fingerprint density at radius 2 is 1.67 bits per heavy atom. The molecule has 0 spiro atoms. The maximum absolute atomic E-state index is 11.4. The number of hydrogen-bond acceptors (Lipinski definition) is 4. The van der Waals surface area contributed by atoms with Gasteiger partial charge in [-0.2, -0.15) is 0 Å². The van der Waals surface area contributed by atoms with E-state index in [4.69, 9.17) is 4.74 Å². The summed E-state index contributed by atoms with van der Waals surface area (Å²) in [5.41, 5.74) is 0.635. The molecule has 0 unspecified atom stereocenters. The lowest BCUT2D eigenvalue weighted by molar-refractivity contribution is -0.140. The third-order valence-corrected chi connectivity index (χ3v) is 3.28. The number of para-hydroxylation sites is 1. The van der Waals surface area contributed by atoms with Gasteiger partial charge >= 0.3 is 5.97 Å². The fourth-order valence-corrected chi connectivity index (χ4v) is 2.07. The van der Waals surface area contributed by atoms with Gasteiger partial charge < -0.3 is 9.47 Å². The Bertz CT molecular complexity index is 454.